The maximum absolute atomic E-state index is 12.6. The summed E-state index contributed by atoms with van der Waals surface area (Å²) in [5.41, 5.74) is 0.306. The largest absolute Gasteiger partial charge is 0.389 e. The molecule has 0 saturated carbocycles. The van der Waals surface area contributed by atoms with Crippen LogP contribution in [0.25, 0.3) is 0 Å². The van der Waals surface area contributed by atoms with Gasteiger partial charge in [-0.25, -0.2) is 0 Å². The number of aliphatic hydroxyl groups excluding tert-OH is 1. The van der Waals surface area contributed by atoms with E-state index in [0.29, 0.717) is 19.5 Å². The van der Waals surface area contributed by atoms with Crippen molar-refractivity contribution in [1.82, 2.24) is 15.5 Å². The molecule has 3 rings (SSSR count). The molecule has 2 heterocycles. The van der Waals surface area contributed by atoms with Crippen molar-refractivity contribution in [2.45, 2.75) is 37.3 Å². The minimum absolute atomic E-state index is 0.0108. The van der Waals surface area contributed by atoms with Crippen LogP contribution in [0, 0.1) is 0 Å². The molecule has 1 aromatic rings. The van der Waals surface area contributed by atoms with Crippen LogP contribution in [0.1, 0.15) is 31.2 Å². The number of amides is 1. The summed E-state index contributed by atoms with van der Waals surface area (Å²) in [4.78, 5) is 14.8. The van der Waals surface area contributed by atoms with Crippen molar-refractivity contribution in [3.05, 3.63) is 35.9 Å². The number of nitrogens with zero attached hydrogens (tertiary/aromatic N) is 1. The number of benzene rings is 1. The fraction of sp³-hybridized carbons (Fsp3) is 0.611. The topological polar surface area (TPSA) is 64.6 Å². The Balaban J connectivity index is 1.74. The Morgan fingerprint density at radius 3 is 2.70 bits per heavy atom. The van der Waals surface area contributed by atoms with Gasteiger partial charge in [0.2, 0.25) is 5.91 Å². The summed E-state index contributed by atoms with van der Waals surface area (Å²) in [6, 6.07) is 9.87. The fourth-order valence-corrected chi connectivity index (χ4v) is 3.76. The summed E-state index contributed by atoms with van der Waals surface area (Å²) in [5, 5.41) is 17.0. The third-order valence-corrected chi connectivity index (χ3v) is 5.07. The third-order valence-electron chi connectivity index (χ3n) is 5.07. The maximum Gasteiger partial charge on any atom is 0.234 e. The lowest BCUT2D eigenvalue weighted by Gasteiger charge is -2.43. The van der Waals surface area contributed by atoms with E-state index in [-0.39, 0.29) is 5.91 Å². The van der Waals surface area contributed by atoms with Crippen molar-refractivity contribution < 1.29 is 9.90 Å². The first kappa shape index (κ1) is 16.4. The van der Waals surface area contributed by atoms with Crippen molar-refractivity contribution in [1.29, 1.82) is 0 Å². The summed E-state index contributed by atoms with van der Waals surface area (Å²) in [6.07, 6.45) is 3.68. The molecule has 126 valence electrons. The molecule has 23 heavy (non-hydrogen) atoms. The molecule has 2 atom stereocenters. The lowest BCUT2D eigenvalue weighted by atomic mass is 9.79. The SMILES string of the molecule is O=C(CN1CCCCC1)N[C@@]1(c2ccccc2)CCNC[C@H]1O. The van der Waals surface area contributed by atoms with Gasteiger partial charge in [-0.05, 0) is 44.5 Å². The van der Waals surface area contributed by atoms with Crippen LogP contribution in [0.5, 0.6) is 0 Å². The van der Waals surface area contributed by atoms with Gasteiger partial charge < -0.3 is 15.7 Å². The van der Waals surface area contributed by atoms with Crippen LogP contribution in [0.15, 0.2) is 30.3 Å². The normalized spacial score (nSPS) is 29.2. The summed E-state index contributed by atoms with van der Waals surface area (Å²) < 4.78 is 0. The molecule has 1 aromatic carbocycles. The zero-order valence-electron chi connectivity index (χ0n) is 13.6. The second-order valence-corrected chi connectivity index (χ2v) is 6.69. The van der Waals surface area contributed by atoms with Gasteiger partial charge in [0.05, 0.1) is 18.2 Å². The summed E-state index contributed by atoms with van der Waals surface area (Å²) >= 11 is 0. The Hall–Kier alpha value is -1.43. The number of piperidine rings is 2. The number of hydrogen-bond acceptors (Lipinski definition) is 4. The molecule has 0 aliphatic carbocycles. The van der Waals surface area contributed by atoms with Gasteiger partial charge in [0.15, 0.2) is 0 Å². The number of rotatable bonds is 4. The first-order valence-corrected chi connectivity index (χ1v) is 8.68. The molecule has 3 N–H and O–H groups in total. The molecule has 5 heteroatoms. The molecule has 1 amide bonds. The fourth-order valence-electron chi connectivity index (χ4n) is 3.76. The smallest absolute Gasteiger partial charge is 0.234 e. The van der Waals surface area contributed by atoms with Gasteiger partial charge in [-0.1, -0.05) is 36.8 Å². The van der Waals surface area contributed by atoms with Crippen LogP contribution >= 0.6 is 0 Å². The second-order valence-electron chi connectivity index (χ2n) is 6.69. The highest BCUT2D eigenvalue weighted by Crippen LogP contribution is 2.31. The van der Waals surface area contributed by atoms with E-state index in [9.17, 15) is 9.90 Å². The Labute approximate surface area is 138 Å². The Morgan fingerprint density at radius 1 is 1.26 bits per heavy atom. The Morgan fingerprint density at radius 2 is 2.00 bits per heavy atom. The van der Waals surface area contributed by atoms with Gasteiger partial charge in [0, 0.05) is 6.54 Å². The minimum atomic E-state index is -0.681. The average Bonchev–Trinajstić information content (AvgIpc) is 2.59. The predicted octanol–water partition coefficient (Wildman–Crippen LogP) is 0.838. The van der Waals surface area contributed by atoms with Crippen LogP contribution in [-0.4, -0.2) is 54.7 Å². The summed E-state index contributed by atoms with van der Waals surface area (Å²) in [6.45, 7) is 3.70. The number of nitrogens with one attached hydrogen (secondary N) is 2. The van der Waals surface area contributed by atoms with E-state index in [1.807, 2.05) is 30.3 Å². The number of aliphatic hydroxyl groups is 1. The number of likely N-dealkylation sites (tertiary alicyclic amines) is 1. The molecule has 5 nitrogen and oxygen atoms in total. The van der Waals surface area contributed by atoms with Gasteiger partial charge >= 0.3 is 0 Å². The van der Waals surface area contributed by atoms with Crippen LogP contribution < -0.4 is 10.6 Å². The van der Waals surface area contributed by atoms with E-state index in [0.717, 1.165) is 25.2 Å². The van der Waals surface area contributed by atoms with Gasteiger partial charge in [0.1, 0.15) is 0 Å². The quantitative estimate of drug-likeness (QED) is 0.770. The summed E-state index contributed by atoms with van der Waals surface area (Å²) in [5.74, 6) is 0.0108. The molecule has 2 fully saturated rings. The zero-order chi connectivity index (χ0) is 16.1. The average molecular weight is 317 g/mol. The van der Waals surface area contributed by atoms with Crippen LogP contribution in [-0.2, 0) is 10.3 Å². The van der Waals surface area contributed by atoms with Crippen molar-refractivity contribution >= 4 is 5.91 Å². The first-order valence-electron chi connectivity index (χ1n) is 8.68. The standard InChI is InChI=1S/C18H27N3O2/c22-16-13-19-10-9-18(16,15-7-3-1-4-8-15)20-17(23)14-21-11-5-2-6-12-21/h1,3-4,7-8,16,19,22H,2,5-6,9-14H2,(H,20,23)/t16-,18-/m1/s1. The molecule has 0 aromatic heterocycles. The second kappa shape index (κ2) is 7.43. The Kier molecular flexibility index (Phi) is 5.30. The lowest BCUT2D eigenvalue weighted by Crippen LogP contribution is -2.62. The number of carbonyl (C=O) groups is 1. The minimum Gasteiger partial charge on any atom is -0.389 e. The highest BCUT2D eigenvalue weighted by atomic mass is 16.3. The van der Waals surface area contributed by atoms with Crippen LogP contribution in [0.2, 0.25) is 0 Å². The lowest BCUT2D eigenvalue weighted by molar-refractivity contribution is -0.127. The van der Waals surface area contributed by atoms with E-state index in [1.54, 1.807) is 0 Å². The van der Waals surface area contributed by atoms with E-state index in [1.165, 1.54) is 19.3 Å². The Bertz CT molecular complexity index is 516. The highest BCUT2D eigenvalue weighted by Gasteiger charge is 2.42. The van der Waals surface area contributed by atoms with Crippen LogP contribution in [0.3, 0.4) is 0 Å². The van der Waals surface area contributed by atoms with Crippen molar-refractivity contribution in [3.63, 3.8) is 0 Å². The van der Waals surface area contributed by atoms with Gasteiger partial charge in [-0.15, -0.1) is 0 Å². The molecule has 2 saturated heterocycles. The molecular formula is C18H27N3O2. The summed E-state index contributed by atoms with van der Waals surface area (Å²) in [7, 11) is 0. The third kappa shape index (κ3) is 3.74. The van der Waals surface area contributed by atoms with Crippen molar-refractivity contribution in [3.8, 4) is 0 Å². The number of carbonyl (C=O) groups excluding carboxylic acids is 1. The molecule has 2 aliphatic heterocycles. The van der Waals surface area contributed by atoms with Crippen molar-refractivity contribution in [2.75, 3.05) is 32.7 Å². The molecule has 0 spiro atoms. The zero-order valence-corrected chi connectivity index (χ0v) is 13.6. The molecule has 2 aliphatic rings. The number of β-amino-alcohol motifs (C(OH)–C–C–N with tert-alkyl or cyclic N) is 1. The van der Waals surface area contributed by atoms with Gasteiger partial charge in [-0.3, -0.25) is 9.69 Å². The molecule has 0 unspecified atom stereocenters. The molecule has 0 radical (unpaired) electrons. The predicted molar refractivity (Wildman–Crippen MR) is 90.0 cm³/mol. The van der Waals surface area contributed by atoms with E-state index in [2.05, 4.69) is 15.5 Å². The molecule has 0 bridgehead atoms. The highest BCUT2D eigenvalue weighted by molar-refractivity contribution is 5.79. The van der Waals surface area contributed by atoms with E-state index in [4.69, 9.17) is 0 Å². The van der Waals surface area contributed by atoms with E-state index >= 15 is 0 Å². The number of hydrogen-bond donors (Lipinski definition) is 3. The van der Waals surface area contributed by atoms with Crippen LogP contribution in [0.4, 0.5) is 0 Å². The van der Waals surface area contributed by atoms with Gasteiger partial charge in [0.25, 0.3) is 0 Å². The van der Waals surface area contributed by atoms with E-state index < -0.39 is 11.6 Å². The van der Waals surface area contributed by atoms with Crippen molar-refractivity contribution in [2.24, 2.45) is 0 Å². The van der Waals surface area contributed by atoms with Gasteiger partial charge in [-0.2, -0.15) is 0 Å². The first-order chi connectivity index (χ1) is 11.2. The monoisotopic (exact) mass is 317 g/mol. The maximum atomic E-state index is 12.6. The molecular weight excluding hydrogens is 290 g/mol.